The SMILES string of the molecule is CNCC(C)C(=O)Nc1nn[nH]n1.Cl. The summed E-state index contributed by atoms with van der Waals surface area (Å²) < 4.78 is 0. The maximum Gasteiger partial charge on any atom is 0.269 e. The van der Waals surface area contributed by atoms with Crippen molar-refractivity contribution in [2.75, 3.05) is 18.9 Å². The number of aromatic nitrogens is 4. The maximum atomic E-state index is 11.3. The predicted molar refractivity (Wildman–Crippen MR) is 53.1 cm³/mol. The molecule has 1 aromatic heterocycles. The van der Waals surface area contributed by atoms with Crippen LogP contribution in [0.2, 0.25) is 0 Å². The van der Waals surface area contributed by atoms with Crippen LogP contribution in [0.1, 0.15) is 6.92 Å². The number of tetrazole rings is 1. The first kappa shape index (κ1) is 12.8. The molecular formula is C6H13ClN6O. The maximum absolute atomic E-state index is 11.3. The number of amides is 1. The molecule has 1 aromatic rings. The lowest BCUT2D eigenvalue weighted by Gasteiger charge is -2.08. The summed E-state index contributed by atoms with van der Waals surface area (Å²) in [5.41, 5.74) is 0. The zero-order valence-corrected chi connectivity index (χ0v) is 8.76. The van der Waals surface area contributed by atoms with E-state index in [0.29, 0.717) is 6.54 Å². The van der Waals surface area contributed by atoms with Crippen molar-refractivity contribution in [2.24, 2.45) is 5.92 Å². The minimum Gasteiger partial charge on any atom is -0.319 e. The van der Waals surface area contributed by atoms with Gasteiger partial charge in [-0.05, 0) is 12.3 Å². The van der Waals surface area contributed by atoms with Gasteiger partial charge in [0.2, 0.25) is 5.91 Å². The number of rotatable bonds is 4. The van der Waals surface area contributed by atoms with E-state index >= 15 is 0 Å². The van der Waals surface area contributed by atoms with Crippen LogP contribution in [-0.2, 0) is 4.79 Å². The molecule has 7 nitrogen and oxygen atoms in total. The van der Waals surface area contributed by atoms with Gasteiger partial charge in [-0.2, -0.15) is 5.21 Å². The van der Waals surface area contributed by atoms with E-state index < -0.39 is 0 Å². The topological polar surface area (TPSA) is 95.6 Å². The van der Waals surface area contributed by atoms with Gasteiger partial charge in [-0.25, -0.2) is 0 Å². The summed E-state index contributed by atoms with van der Waals surface area (Å²) in [4.78, 5) is 11.3. The summed E-state index contributed by atoms with van der Waals surface area (Å²) >= 11 is 0. The van der Waals surface area contributed by atoms with Gasteiger partial charge < -0.3 is 5.32 Å². The van der Waals surface area contributed by atoms with E-state index in [-0.39, 0.29) is 30.2 Å². The lowest BCUT2D eigenvalue weighted by molar-refractivity contribution is -0.119. The summed E-state index contributed by atoms with van der Waals surface area (Å²) in [7, 11) is 1.79. The second kappa shape index (κ2) is 6.28. The molecule has 0 saturated heterocycles. The summed E-state index contributed by atoms with van der Waals surface area (Å²) in [6.45, 7) is 2.43. The largest absolute Gasteiger partial charge is 0.319 e. The lowest BCUT2D eigenvalue weighted by atomic mass is 10.2. The highest BCUT2D eigenvalue weighted by atomic mass is 35.5. The Labute approximate surface area is 87.4 Å². The summed E-state index contributed by atoms with van der Waals surface area (Å²) in [5, 5.41) is 18.2. The molecule has 1 rings (SSSR count). The predicted octanol–water partition coefficient (Wildman–Crippen LogP) is -0.585. The van der Waals surface area contributed by atoms with Crippen LogP contribution in [0.15, 0.2) is 0 Å². The quantitative estimate of drug-likeness (QED) is 0.631. The Kier molecular flexibility index (Phi) is 5.73. The average Bonchev–Trinajstić information content (AvgIpc) is 2.57. The number of nitrogens with one attached hydrogen (secondary N) is 3. The van der Waals surface area contributed by atoms with Crippen LogP contribution in [0.5, 0.6) is 0 Å². The first-order chi connectivity index (χ1) is 6.24. The minimum atomic E-state index is -0.129. The summed E-state index contributed by atoms with van der Waals surface area (Å²) in [6.07, 6.45) is 0. The fourth-order valence-electron chi connectivity index (χ4n) is 0.847. The van der Waals surface area contributed by atoms with E-state index in [4.69, 9.17) is 0 Å². The average molecular weight is 221 g/mol. The van der Waals surface area contributed by atoms with Crippen LogP contribution >= 0.6 is 12.4 Å². The monoisotopic (exact) mass is 220 g/mol. The molecular weight excluding hydrogens is 208 g/mol. The Morgan fingerprint density at radius 3 is 2.86 bits per heavy atom. The first-order valence-electron chi connectivity index (χ1n) is 3.93. The standard InChI is InChI=1S/C6H12N6O.ClH/c1-4(3-7-2)5(13)8-6-9-11-12-10-6;/h4,7H,3H2,1-2H3,(H2,8,9,10,11,12,13);1H. The highest BCUT2D eigenvalue weighted by Crippen LogP contribution is 1.98. The Bertz CT molecular complexity index is 263. The van der Waals surface area contributed by atoms with E-state index in [1.165, 1.54) is 0 Å². The van der Waals surface area contributed by atoms with E-state index in [1.807, 2.05) is 6.92 Å². The van der Waals surface area contributed by atoms with E-state index in [2.05, 4.69) is 31.3 Å². The van der Waals surface area contributed by atoms with Gasteiger partial charge in [0.05, 0.1) is 0 Å². The highest BCUT2D eigenvalue weighted by molar-refractivity contribution is 5.90. The first-order valence-corrected chi connectivity index (χ1v) is 3.93. The van der Waals surface area contributed by atoms with Crippen molar-refractivity contribution >= 4 is 24.3 Å². The van der Waals surface area contributed by atoms with Crippen molar-refractivity contribution in [3.63, 3.8) is 0 Å². The van der Waals surface area contributed by atoms with Crippen LogP contribution in [0, 0.1) is 5.92 Å². The Hall–Kier alpha value is -1.21. The molecule has 3 N–H and O–H groups in total. The number of carbonyl (C=O) groups is 1. The molecule has 1 amide bonds. The second-order valence-electron chi connectivity index (χ2n) is 2.68. The molecule has 0 radical (unpaired) electrons. The minimum absolute atomic E-state index is 0. The fraction of sp³-hybridized carbons (Fsp3) is 0.667. The molecule has 1 atom stereocenters. The number of H-pyrrole nitrogens is 1. The molecule has 0 spiro atoms. The van der Waals surface area contributed by atoms with Crippen molar-refractivity contribution in [1.29, 1.82) is 0 Å². The van der Waals surface area contributed by atoms with Crippen LogP contribution < -0.4 is 10.6 Å². The zero-order valence-electron chi connectivity index (χ0n) is 7.94. The van der Waals surface area contributed by atoms with Crippen molar-refractivity contribution < 1.29 is 4.79 Å². The number of halogens is 1. The van der Waals surface area contributed by atoms with Gasteiger partial charge in [-0.1, -0.05) is 12.0 Å². The fourth-order valence-corrected chi connectivity index (χ4v) is 0.847. The molecule has 14 heavy (non-hydrogen) atoms. The number of hydrogen-bond donors (Lipinski definition) is 3. The molecule has 0 saturated carbocycles. The molecule has 1 heterocycles. The molecule has 8 heteroatoms. The van der Waals surface area contributed by atoms with E-state index in [0.717, 1.165) is 0 Å². The third-order valence-electron chi connectivity index (χ3n) is 1.54. The van der Waals surface area contributed by atoms with Crippen LogP contribution in [0.3, 0.4) is 0 Å². The number of carbonyl (C=O) groups excluding carboxylic acids is 1. The molecule has 80 valence electrons. The summed E-state index contributed by atoms with van der Waals surface area (Å²) in [6, 6.07) is 0. The molecule has 0 bridgehead atoms. The zero-order chi connectivity index (χ0) is 9.68. The van der Waals surface area contributed by atoms with Crippen molar-refractivity contribution in [1.82, 2.24) is 25.9 Å². The van der Waals surface area contributed by atoms with E-state index in [9.17, 15) is 4.79 Å². The van der Waals surface area contributed by atoms with Gasteiger partial charge in [-0.15, -0.1) is 17.5 Å². The Morgan fingerprint density at radius 1 is 1.64 bits per heavy atom. The summed E-state index contributed by atoms with van der Waals surface area (Å²) in [5.74, 6) is -0.0489. The number of anilines is 1. The van der Waals surface area contributed by atoms with Crippen LogP contribution in [0.4, 0.5) is 5.95 Å². The van der Waals surface area contributed by atoms with Gasteiger partial charge in [-0.3, -0.25) is 10.1 Å². The van der Waals surface area contributed by atoms with Crippen molar-refractivity contribution in [3.05, 3.63) is 0 Å². The van der Waals surface area contributed by atoms with Gasteiger partial charge in [0.1, 0.15) is 0 Å². The van der Waals surface area contributed by atoms with Crippen LogP contribution in [-0.4, -0.2) is 40.1 Å². The van der Waals surface area contributed by atoms with Gasteiger partial charge in [0, 0.05) is 12.5 Å². The third kappa shape index (κ3) is 3.67. The van der Waals surface area contributed by atoms with Gasteiger partial charge in [0.25, 0.3) is 5.95 Å². The molecule has 0 aliphatic carbocycles. The van der Waals surface area contributed by atoms with Crippen LogP contribution in [0.25, 0.3) is 0 Å². The Morgan fingerprint density at radius 2 is 2.36 bits per heavy atom. The molecule has 0 fully saturated rings. The van der Waals surface area contributed by atoms with Crippen molar-refractivity contribution in [3.8, 4) is 0 Å². The molecule has 0 aliphatic heterocycles. The van der Waals surface area contributed by atoms with E-state index in [1.54, 1.807) is 7.05 Å². The van der Waals surface area contributed by atoms with Crippen molar-refractivity contribution in [2.45, 2.75) is 6.92 Å². The number of hydrogen-bond acceptors (Lipinski definition) is 5. The Balaban J connectivity index is 0.00000169. The third-order valence-corrected chi connectivity index (χ3v) is 1.54. The number of nitrogens with zero attached hydrogens (tertiary/aromatic N) is 3. The second-order valence-corrected chi connectivity index (χ2v) is 2.68. The molecule has 0 aromatic carbocycles. The molecule has 0 aliphatic rings. The normalized spacial score (nSPS) is 11.6. The smallest absolute Gasteiger partial charge is 0.269 e. The number of aromatic amines is 1. The lowest BCUT2D eigenvalue weighted by Crippen LogP contribution is -2.28. The van der Waals surface area contributed by atoms with Gasteiger partial charge >= 0.3 is 0 Å². The van der Waals surface area contributed by atoms with Gasteiger partial charge in [0.15, 0.2) is 0 Å². The molecule has 1 unspecified atom stereocenters. The highest BCUT2D eigenvalue weighted by Gasteiger charge is 2.13.